The van der Waals surface area contributed by atoms with E-state index < -0.39 is 35.5 Å². The summed E-state index contributed by atoms with van der Waals surface area (Å²) >= 11 is 0. The van der Waals surface area contributed by atoms with E-state index in [9.17, 15) is 14.4 Å². The molecule has 0 heterocycles. The predicted octanol–water partition coefficient (Wildman–Crippen LogP) is 1.50. The van der Waals surface area contributed by atoms with E-state index in [0.29, 0.717) is 0 Å². The van der Waals surface area contributed by atoms with Crippen LogP contribution in [0.25, 0.3) is 0 Å². The summed E-state index contributed by atoms with van der Waals surface area (Å²) < 4.78 is 15.0. The van der Waals surface area contributed by atoms with Gasteiger partial charge in [-0.2, -0.15) is 0 Å². The van der Waals surface area contributed by atoms with Crippen molar-refractivity contribution in [2.24, 2.45) is 17.8 Å². The molecule has 0 spiro atoms. The molecule has 126 valence electrons. The van der Waals surface area contributed by atoms with Crippen LogP contribution in [0.5, 0.6) is 0 Å². The zero-order chi connectivity index (χ0) is 16.9. The number of carbonyl (C=O) groups excluding carboxylic acids is 3. The monoisotopic (exact) mass is 315 g/mol. The minimum Gasteiger partial charge on any atom is -0.466 e. The van der Waals surface area contributed by atoms with Gasteiger partial charge in [-0.1, -0.05) is 0 Å². The van der Waals surface area contributed by atoms with Crippen LogP contribution in [0.15, 0.2) is 0 Å². The molecule has 0 bridgehead atoms. The molecule has 7 nitrogen and oxygen atoms in total. The lowest BCUT2D eigenvalue weighted by Crippen LogP contribution is -2.34. The summed E-state index contributed by atoms with van der Waals surface area (Å²) in [6, 6.07) is 0. The molecule has 0 aromatic heterocycles. The predicted molar refractivity (Wildman–Crippen MR) is 78.0 cm³/mol. The molecule has 1 N–H and O–H groups in total. The lowest BCUT2D eigenvalue weighted by molar-refractivity contribution is -0.150. The minimum atomic E-state index is -0.602. The number of carbonyl (C=O) groups is 3. The van der Waals surface area contributed by atoms with Gasteiger partial charge in [0, 0.05) is 12.5 Å². The Bertz CT molecular complexity index is 404. The smallest absolute Gasteiger partial charge is 0.407 e. The summed E-state index contributed by atoms with van der Waals surface area (Å²) in [5.74, 6) is -2.30. The Labute approximate surface area is 130 Å². The molecule has 1 fully saturated rings. The van der Waals surface area contributed by atoms with Gasteiger partial charge in [0.2, 0.25) is 0 Å². The number of nitrogens with one attached hydrogen (secondary N) is 1. The number of esters is 2. The summed E-state index contributed by atoms with van der Waals surface area (Å²) in [6.07, 6.45) is -0.579. The maximum absolute atomic E-state index is 11.8. The Balaban J connectivity index is 2.57. The van der Waals surface area contributed by atoms with Gasteiger partial charge in [0.25, 0.3) is 0 Å². The van der Waals surface area contributed by atoms with Gasteiger partial charge in [0.15, 0.2) is 0 Å². The average molecular weight is 315 g/mol. The molecule has 7 heteroatoms. The molecule has 1 aliphatic rings. The standard InChI is InChI=1S/C15H25NO6/c1-6-20-12(17)10-9(11(10)13(18)21-7-2)8-16-14(19)22-15(3,4)5/h9-11H,6-8H2,1-5H3,(H,16,19)/t10-,11-/m0/s1. The van der Waals surface area contributed by atoms with Crippen LogP contribution in [0.2, 0.25) is 0 Å². The third-order valence-corrected chi connectivity index (χ3v) is 3.17. The molecule has 2 atom stereocenters. The van der Waals surface area contributed by atoms with Crippen molar-refractivity contribution < 1.29 is 28.6 Å². The van der Waals surface area contributed by atoms with Crippen LogP contribution in [0, 0.1) is 17.8 Å². The molecule has 0 saturated heterocycles. The molecule has 0 unspecified atom stereocenters. The van der Waals surface area contributed by atoms with E-state index in [2.05, 4.69) is 5.32 Å². The van der Waals surface area contributed by atoms with Crippen molar-refractivity contribution >= 4 is 18.0 Å². The summed E-state index contributed by atoms with van der Waals surface area (Å²) in [6.45, 7) is 9.34. The van der Waals surface area contributed by atoms with Gasteiger partial charge in [-0.15, -0.1) is 0 Å². The van der Waals surface area contributed by atoms with E-state index >= 15 is 0 Å². The summed E-state index contributed by atoms with van der Waals surface area (Å²) in [4.78, 5) is 35.3. The number of amides is 1. The van der Waals surface area contributed by atoms with Crippen molar-refractivity contribution in [2.45, 2.75) is 40.2 Å². The fourth-order valence-electron chi connectivity index (χ4n) is 2.26. The number of ether oxygens (including phenoxy) is 3. The second kappa shape index (κ2) is 7.47. The first-order valence-corrected chi connectivity index (χ1v) is 7.51. The largest absolute Gasteiger partial charge is 0.466 e. The van der Waals surface area contributed by atoms with Crippen LogP contribution in [-0.2, 0) is 23.8 Å². The number of hydrogen-bond donors (Lipinski definition) is 1. The second-order valence-corrected chi connectivity index (χ2v) is 6.10. The van der Waals surface area contributed by atoms with E-state index in [0.717, 1.165) is 0 Å². The maximum Gasteiger partial charge on any atom is 0.407 e. The van der Waals surface area contributed by atoms with Gasteiger partial charge in [0.1, 0.15) is 5.60 Å². The van der Waals surface area contributed by atoms with Crippen LogP contribution in [0.1, 0.15) is 34.6 Å². The SMILES string of the molecule is CCOC(=O)[C@H]1C(CNC(=O)OC(C)(C)C)[C@@H]1C(=O)OCC. The Kier molecular flexibility index (Phi) is 6.20. The Morgan fingerprint density at radius 3 is 1.77 bits per heavy atom. The van der Waals surface area contributed by atoms with Crippen LogP contribution in [0.3, 0.4) is 0 Å². The van der Waals surface area contributed by atoms with E-state index in [1.54, 1.807) is 34.6 Å². The first-order chi connectivity index (χ1) is 10.2. The summed E-state index contributed by atoms with van der Waals surface area (Å²) in [5.41, 5.74) is -0.602. The maximum atomic E-state index is 11.8. The third-order valence-electron chi connectivity index (χ3n) is 3.17. The highest BCUT2D eigenvalue weighted by Gasteiger charge is 2.60. The Morgan fingerprint density at radius 1 is 0.955 bits per heavy atom. The first-order valence-electron chi connectivity index (χ1n) is 7.51. The highest BCUT2D eigenvalue weighted by atomic mass is 16.6. The van der Waals surface area contributed by atoms with Crippen LogP contribution < -0.4 is 5.32 Å². The molecule has 1 rings (SSSR count). The van der Waals surface area contributed by atoms with E-state index in [1.807, 2.05) is 0 Å². The zero-order valence-electron chi connectivity index (χ0n) is 13.8. The van der Waals surface area contributed by atoms with E-state index in [1.165, 1.54) is 0 Å². The van der Waals surface area contributed by atoms with Crippen molar-refractivity contribution in [2.75, 3.05) is 19.8 Å². The molecule has 1 amide bonds. The van der Waals surface area contributed by atoms with Gasteiger partial charge in [-0.25, -0.2) is 4.79 Å². The van der Waals surface area contributed by atoms with Crippen LogP contribution in [0.4, 0.5) is 4.79 Å². The molecule has 1 aliphatic carbocycles. The number of hydrogen-bond acceptors (Lipinski definition) is 6. The van der Waals surface area contributed by atoms with Gasteiger partial charge >= 0.3 is 18.0 Å². The van der Waals surface area contributed by atoms with Crippen molar-refractivity contribution in [1.82, 2.24) is 5.32 Å². The normalized spacial score (nSPS) is 23.4. The summed E-state index contributed by atoms with van der Waals surface area (Å²) in [5, 5.41) is 2.58. The highest BCUT2D eigenvalue weighted by Crippen LogP contribution is 2.47. The number of alkyl carbamates (subject to hydrolysis) is 1. The highest BCUT2D eigenvalue weighted by molar-refractivity contribution is 5.88. The number of rotatable bonds is 6. The molecular formula is C15H25NO6. The topological polar surface area (TPSA) is 90.9 Å². The Morgan fingerprint density at radius 2 is 1.41 bits per heavy atom. The second-order valence-electron chi connectivity index (χ2n) is 6.10. The zero-order valence-corrected chi connectivity index (χ0v) is 13.8. The molecule has 0 aliphatic heterocycles. The molecular weight excluding hydrogens is 290 g/mol. The van der Waals surface area contributed by atoms with Crippen molar-refractivity contribution in [3.05, 3.63) is 0 Å². The van der Waals surface area contributed by atoms with E-state index in [4.69, 9.17) is 14.2 Å². The molecule has 22 heavy (non-hydrogen) atoms. The van der Waals surface area contributed by atoms with Gasteiger partial charge < -0.3 is 19.5 Å². The first kappa shape index (κ1) is 18.3. The minimum absolute atomic E-state index is 0.169. The van der Waals surface area contributed by atoms with Crippen LogP contribution in [-0.4, -0.2) is 43.4 Å². The fourth-order valence-corrected chi connectivity index (χ4v) is 2.26. The fraction of sp³-hybridized carbons (Fsp3) is 0.800. The molecule has 0 radical (unpaired) electrons. The van der Waals surface area contributed by atoms with Crippen molar-refractivity contribution in [3.8, 4) is 0 Å². The molecule has 0 aromatic carbocycles. The van der Waals surface area contributed by atoms with Gasteiger partial charge in [0.05, 0.1) is 25.0 Å². The van der Waals surface area contributed by atoms with Crippen molar-refractivity contribution in [1.29, 1.82) is 0 Å². The lowest BCUT2D eigenvalue weighted by Gasteiger charge is -2.19. The lowest BCUT2D eigenvalue weighted by atomic mass is 10.2. The van der Waals surface area contributed by atoms with Crippen LogP contribution >= 0.6 is 0 Å². The average Bonchev–Trinajstić information content (AvgIpc) is 3.09. The quantitative estimate of drug-likeness (QED) is 0.590. The third kappa shape index (κ3) is 5.20. The van der Waals surface area contributed by atoms with Gasteiger partial charge in [-0.05, 0) is 34.6 Å². The Hall–Kier alpha value is -1.79. The molecule has 1 saturated carbocycles. The molecule has 0 aromatic rings. The van der Waals surface area contributed by atoms with Gasteiger partial charge in [-0.3, -0.25) is 9.59 Å². The summed E-state index contributed by atoms with van der Waals surface area (Å²) in [7, 11) is 0. The van der Waals surface area contributed by atoms with E-state index in [-0.39, 0.29) is 25.7 Å². The van der Waals surface area contributed by atoms with Crippen molar-refractivity contribution in [3.63, 3.8) is 0 Å².